The summed E-state index contributed by atoms with van der Waals surface area (Å²) in [4.78, 5) is 0. The first-order chi connectivity index (χ1) is 8.58. The van der Waals surface area contributed by atoms with Gasteiger partial charge < -0.3 is 10.1 Å². The predicted octanol–water partition coefficient (Wildman–Crippen LogP) is 3.57. The predicted molar refractivity (Wildman–Crippen MR) is 78.4 cm³/mol. The summed E-state index contributed by atoms with van der Waals surface area (Å²) in [6.45, 7) is 9.99. The topological polar surface area (TPSA) is 21.3 Å². The molecule has 0 saturated heterocycles. The van der Waals surface area contributed by atoms with E-state index in [1.165, 1.54) is 17.5 Å². The molecule has 2 heteroatoms. The molecule has 0 radical (unpaired) electrons. The molecule has 2 unspecified atom stereocenters. The molecular formula is C16H27NO. The number of ether oxygens (including phenoxy) is 1. The summed E-state index contributed by atoms with van der Waals surface area (Å²) >= 11 is 0. The summed E-state index contributed by atoms with van der Waals surface area (Å²) in [5.41, 5.74) is 2.61. The minimum Gasteiger partial charge on any atom is -0.496 e. The van der Waals surface area contributed by atoms with Crippen LogP contribution < -0.4 is 10.1 Å². The van der Waals surface area contributed by atoms with Crippen LogP contribution in [0.5, 0.6) is 5.75 Å². The molecule has 0 aliphatic carbocycles. The van der Waals surface area contributed by atoms with Crippen molar-refractivity contribution < 1.29 is 4.74 Å². The summed E-state index contributed by atoms with van der Waals surface area (Å²) < 4.78 is 5.44. The average Bonchev–Trinajstić information content (AvgIpc) is 2.36. The summed E-state index contributed by atoms with van der Waals surface area (Å²) in [7, 11) is 1.75. The van der Waals surface area contributed by atoms with Gasteiger partial charge >= 0.3 is 0 Å². The Bertz CT molecular complexity index is 362. The van der Waals surface area contributed by atoms with Crippen LogP contribution in [0.3, 0.4) is 0 Å². The molecule has 18 heavy (non-hydrogen) atoms. The molecule has 2 nitrogen and oxygen atoms in total. The second-order valence-corrected chi connectivity index (χ2v) is 5.24. The molecule has 1 rings (SSSR count). The van der Waals surface area contributed by atoms with E-state index in [0.29, 0.717) is 12.0 Å². The Kier molecular flexibility index (Phi) is 6.20. The van der Waals surface area contributed by atoms with E-state index >= 15 is 0 Å². The molecule has 0 fully saturated rings. The number of aryl methyl sites for hydroxylation is 1. The van der Waals surface area contributed by atoms with Crippen LogP contribution in [0, 0.1) is 12.8 Å². The second kappa shape index (κ2) is 7.42. The first kappa shape index (κ1) is 15.0. The van der Waals surface area contributed by atoms with Crippen LogP contribution in [0.1, 0.15) is 38.3 Å². The van der Waals surface area contributed by atoms with Gasteiger partial charge in [-0.05, 0) is 50.8 Å². The highest BCUT2D eigenvalue weighted by Gasteiger charge is 2.14. The fourth-order valence-corrected chi connectivity index (χ4v) is 2.16. The summed E-state index contributed by atoms with van der Waals surface area (Å²) in [6.07, 6.45) is 2.24. The third kappa shape index (κ3) is 4.34. The van der Waals surface area contributed by atoms with Crippen LogP contribution >= 0.6 is 0 Å². The molecule has 0 aliphatic rings. The molecule has 1 aromatic carbocycles. The molecule has 1 N–H and O–H groups in total. The number of hydrogen-bond acceptors (Lipinski definition) is 2. The minimum atomic E-state index is 0.537. The Balaban J connectivity index is 2.68. The first-order valence-corrected chi connectivity index (χ1v) is 6.95. The number of rotatable bonds is 7. The van der Waals surface area contributed by atoms with Gasteiger partial charge in [0, 0.05) is 6.04 Å². The maximum absolute atomic E-state index is 5.44. The van der Waals surface area contributed by atoms with Gasteiger partial charge in [-0.1, -0.05) is 31.5 Å². The molecule has 0 amide bonds. The van der Waals surface area contributed by atoms with Crippen molar-refractivity contribution in [2.45, 2.75) is 46.6 Å². The van der Waals surface area contributed by atoms with Crippen LogP contribution in [-0.2, 0) is 6.42 Å². The van der Waals surface area contributed by atoms with Gasteiger partial charge in [-0.2, -0.15) is 0 Å². The van der Waals surface area contributed by atoms with Crippen molar-refractivity contribution in [3.8, 4) is 5.75 Å². The highest BCUT2D eigenvalue weighted by Crippen LogP contribution is 2.23. The second-order valence-electron chi connectivity index (χ2n) is 5.24. The van der Waals surface area contributed by atoms with Gasteiger partial charge in [0.15, 0.2) is 0 Å². The number of nitrogens with one attached hydrogen (secondary N) is 1. The molecule has 2 atom stereocenters. The third-order valence-corrected chi connectivity index (χ3v) is 3.55. The maximum Gasteiger partial charge on any atom is 0.122 e. The number of methoxy groups -OCH3 is 1. The SMILES string of the molecule is CCCNC(C)C(C)Cc1cc(C)ccc1OC. The average molecular weight is 249 g/mol. The van der Waals surface area contributed by atoms with Crippen molar-refractivity contribution in [2.24, 2.45) is 5.92 Å². The number of hydrogen-bond donors (Lipinski definition) is 1. The van der Waals surface area contributed by atoms with Gasteiger partial charge in [-0.25, -0.2) is 0 Å². The Morgan fingerprint density at radius 2 is 2.00 bits per heavy atom. The molecular weight excluding hydrogens is 222 g/mol. The van der Waals surface area contributed by atoms with E-state index in [9.17, 15) is 0 Å². The number of benzene rings is 1. The standard InChI is InChI=1S/C16H27NO/c1-6-9-17-14(4)13(3)11-15-10-12(2)7-8-16(15)18-5/h7-8,10,13-14,17H,6,9,11H2,1-5H3. The lowest BCUT2D eigenvalue weighted by molar-refractivity contribution is 0.380. The Morgan fingerprint density at radius 3 is 2.61 bits per heavy atom. The molecule has 0 bridgehead atoms. The van der Waals surface area contributed by atoms with Crippen molar-refractivity contribution in [3.05, 3.63) is 29.3 Å². The van der Waals surface area contributed by atoms with Crippen LogP contribution in [0.15, 0.2) is 18.2 Å². The summed E-state index contributed by atoms with van der Waals surface area (Å²) in [5.74, 6) is 1.61. The van der Waals surface area contributed by atoms with E-state index in [2.05, 4.69) is 51.2 Å². The quantitative estimate of drug-likeness (QED) is 0.797. The fraction of sp³-hybridized carbons (Fsp3) is 0.625. The van der Waals surface area contributed by atoms with E-state index in [0.717, 1.165) is 18.7 Å². The van der Waals surface area contributed by atoms with Crippen LogP contribution in [0.25, 0.3) is 0 Å². The van der Waals surface area contributed by atoms with Gasteiger partial charge in [-0.15, -0.1) is 0 Å². The highest BCUT2D eigenvalue weighted by molar-refractivity contribution is 5.37. The summed E-state index contributed by atoms with van der Waals surface area (Å²) in [5, 5.41) is 3.56. The molecule has 1 aromatic rings. The Morgan fingerprint density at radius 1 is 1.28 bits per heavy atom. The van der Waals surface area contributed by atoms with Crippen molar-refractivity contribution >= 4 is 0 Å². The lowest BCUT2D eigenvalue weighted by Crippen LogP contribution is -2.33. The molecule has 0 aliphatic heterocycles. The first-order valence-electron chi connectivity index (χ1n) is 6.95. The zero-order valence-corrected chi connectivity index (χ0v) is 12.4. The van der Waals surface area contributed by atoms with Crippen LogP contribution in [0.2, 0.25) is 0 Å². The van der Waals surface area contributed by atoms with Gasteiger partial charge in [0.05, 0.1) is 7.11 Å². The van der Waals surface area contributed by atoms with E-state index in [1.54, 1.807) is 7.11 Å². The zero-order valence-electron chi connectivity index (χ0n) is 12.4. The Hall–Kier alpha value is -1.02. The van der Waals surface area contributed by atoms with E-state index in [4.69, 9.17) is 4.74 Å². The minimum absolute atomic E-state index is 0.537. The van der Waals surface area contributed by atoms with Gasteiger partial charge in [0.2, 0.25) is 0 Å². The largest absolute Gasteiger partial charge is 0.496 e. The summed E-state index contributed by atoms with van der Waals surface area (Å²) in [6, 6.07) is 6.95. The lowest BCUT2D eigenvalue weighted by atomic mass is 9.93. The molecule has 0 spiro atoms. The Labute approximate surface area is 112 Å². The van der Waals surface area contributed by atoms with E-state index in [1.807, 2.05) is 0 Å². The highest BCUT2D eigenvalue weighted by atomic mass is 16.5. The van der Waals surface area contributed by atoms with E-state index < -0.39 is 0 Å². The lowest BCUT2D eigenvalue weighted by Gasteiger charge is -2.22. The van der Waals surface area contributed by atoms with Gasteiger partial charge in [0.25, 0.3) is 0 Å². The molecule has 0 heterocycles. The molecule has 0 aromatic heterocycles. The van der Waals surface area contributed by atoms with Gasteiger partial charge in [-0.3, -0.25) is 0 Å². The smallest absolute Gasteiger partial charge is 0.122 e. The fourth-order valence-electron chi connectivity index (χ4n) is 2.16. The van der Waals surface area contributed by atoms with Crippen LogP contribution in [0.4, 0.5) is 0 Å². The van der Waals surface area contributed by atoms with Crippen LogP contribution in [-0.4, -0.2) is 19.7 Å². The van der Waals surface area contributed by atoms with Gasteiger partial charge in [0.1, 0.15) is 5.75 Å². The zero-order chi connectivity index (χ0) is 13.5. The van der Waals surface area contributed by atoms with Crippen molar-refractivity contribution in [2.75, 3.05) is 13.7 Å². The third-order valence-electron chi connectivity index (χ3n) is 3.55. The normalized spacial score (nSPS) is 14.3. The van der Waals surface area contributed by atoms with Crippen molar-refractivity contribution in [3.63, 3.8) is 0 Å². The monoisotopic (exact) mass is 249 g/mol. The maximum atomic E-state index is 5.44. The van der Waals surface area contributed by atoms with E-state index in [-0.39, 0.29) is 0 Å². The van der Waals surface area contributed by atoms with Crippen molar-refractivity contribution in [1.82, 2.24) is 5.32 Å². The van der Waals surface area contributed by atoms with Crippen molar-refractivity contribution in [1.29, 1.82) is 0 Å². The molecule has 102 valence electrons. The molecule has 0 saturated carbocycles.